The Kier molecular flexibility index (Phi) is 2.33. The normalized spacial score (nSPS) is 10.7. The summed E-state index contributed by atoms with van der Waals surface area (Å²) in [5.41, 5.74) is 8.29. The highest BCUT2D eigenvalue weighted by Crippen LogP contribution is 2.21. The van der Waals surface area contributed by atoms with Crippen LogP contribution in [0.1, 0.15) is 0 Å². The number of benzene rings is 1. The van der Waals surface area contributed by atoms with Crippen LogP contribution in [0.4, 0.5) is 17.3 Å². The van der Waals surface area contributed by atoms with Gasteiger partial charge < -0.3 is 11.1 Å². The number of aryl methyl sites for hydroxylation is 1. The van der Waals surface area contributed by atoms with Crippen molar-refractivity contribution >= 4 is 28.4 Å². The molecule has 3 N–H and O–H groups in total. The first-order valence-corrected chi connectivity index (χ1v) is 5.50. The molecule has 6 heteroatoms. The Balaban J connectivity index is 2.03. The van der Waals surface area contributed by atoms with Crippen molar-refractivity contribution in [2.24, 2.45) is 7.05 Å². The predicted molar refractivity (Wildman–Crippen MR) is 70.4 cm³/mol. The maximum Gasteiger partial charge on any atom is 0.174 e. The second kappa shape index (κ2) is 3.99. The average Bonchev–Trinajstić information content (AvgIpc) is 2.76. The van der Waals surface area contributed by atoms with E-state index in [0.717, 1.165) is 16.7 Å². The summed E-state index contributed by atoms with van der Waals surface area (Å²) in [6.45, 7) is 0. The highest BCUT2D eigenvalue weighted by atomic mass is 15.3. The zero-order valence-corrected chi connectivity index (χ0v) is 9.83. The van der Waals surface area contributed by atoms with Gasteiger partial charge in [0.15, 0.2) is 11.6 Å². The molecule has 0 saturated carbocycles. The molecule has 2 heterocycles. The molecule has 6 nitrogen and oxygen atoms in total. The van der Waals surface area contributed by atoms with Crippen LogP contribution in [0.2, 0.25) is 0 Å². The standard InChI is InChI=1S/C12H12N6/c1-18-7-8(6-14-18)15-12-11(13)16-9-4-2-3-5-10(9)17-12/h2-7H,1H3,(H2,13,16)(H,15,17). The van der Waals surface area contributed by atoms with E-state index in [1.165, 1.54) is 0 Å². The van der Waals surface area contributed by atoms with Crippen LogP contribution in [0, 0.1) is 0 Å². The summed E-state index contributed by atoms with van der Waals surface area (Å²) in [5, 5.41) is 7.17. The number of para-hydroxylation sites is 2. The molecular weight excluding hydrogens is 228 g/mol. The van der Waals surface area contributed by atoms with Crippen molar-refractivity contribution in [3.63, 3.8) is 0 Å². The molecule has 0 aliphatic rings. The number of hydrogen-bond donors (Lipinski definition) is 2. The maximum atomic E-state index is 5.88. The molecule has 90 valence electrons. The fraction of sp³-hybridized carbons (Fsp3) is 0.0833. The number of hydrogen-bond acceptors (Lipinski definition) is 5. The molecule has 0 bridgehead atoms. The average molecular weight is 240 g/mol. The van der Waals surface area contributed by atoms with Crippen LogP contribution in [-0.4, -0.2) is 19.7 Å². The van der Waals surface area contributed by atoms with E-state index in [0.29, 0.717) is 11.6 Å². The second-order valence-corrected chi connectivity index (χ2v) is 3.97. The third kappa shape index (κ3) is 1.84. The Hall–Kier alpha value is -2.63. The van der Waals surface area contributed by atoms with Gasteiger partial charge in [-0.2, -0.15) is 5.10 Å². The van der Waals surface area contributed by atoms with Crippen molar-refractivity contribution in [1.82, 2.24) is 19.7 Å². The van der Waals surface area contributed by atoms with Gasteiger partial charge in [-0.3, -0.25) is 4.68 Å². The minimum Gasteiger partial charge on any atom is -0.381 e. The van der Waals surface area contributed by atoms with Crippen molar-refractivity contribution < 1.29 is 0 Å². The summed E-state index contributed by atoms with van der Waals surface area (Å²) in [5.74, 6) is 0.916. The van der Waals surface area contributed by atoms with Gasteiger partial charge in [0.05, 0.1) is 22.9 Å². The first-order chi connectivity index (χ1) is 8.72. The number of rotatable bonds is 2. The summed E-state index contributed by atoms with van der Waals surface area (Å²) in [7, 11) is 1.85. The van der Waals surface area contributed by atoms with Crippen LogP contribution in [0.25, 0.3) is 11.0 Å². The van der Waals surface area contributed by atoms with Crippen molar-refractivity contribution in [2.75, 3.05) is 11.1 Å². The SMILES string of the molecule is Cn1cc(Nc2nc3ccccc3nc2N)cn1. The van der Waals surface area contributed by atoms with Crippen LogP contribution >= 0.6 is 0 Å². The van der Waals surface area contributed by atoms with Crippen LogP contribution in [0.5, 0.6) is 0 Å². The Morgan fingerprint density at radius 3 is 2.56 bits per heavy atom. The third-order valence-electron chi connectivity index (χ3n) is 2.57. The molecule has 0 saturated heterocycles. The number of nitrogen functional groups attached to an aromatic ring is 1. The van der Waals surface area contributed by atoms with Crippen molar-refractivity contribution in [1.29, 1.82) is 0 Å². The van der Waals surface area contributed by atoms with Crippen LogP contribution in [-0.2, 0) is 7.05 Å². The molecule has 0 unspecified atom stereocenters. The van der Waals surface area contributed by atoms with E-state index < -0.39 is 0 Å². The monoisotopic (exact) mass is 240 g/mol. The van der Waals surface area contributed by atoms with E-state index in [2.05, 4.69) is 20.4 Å². The lowest BCUT2D eigenvalue weighted by Crippen LogP contribution is -2.01. The Morgan fingerprint density at radius 1 is 1.17 bits per heavy atom. The van der Waals surface area contributed by atoms with Gasteiger partial charge in [-0.1, -0.05) is 12.1 Å². The van der Waals surface area contributed by atoms with Gasteiger partial charge in [-0.05, 0) is 12.1 Å². The molecule has 3 rings (SSSR count). The fourth-order valence-corrected chi connectivity index (χ4v) is 1.73. The van der Waals surface area contributed by atoms with Crippen molar-refractivity contribution in [3.05, 3.63) is 36.7 Å². The molecule has 0 aliphatic heterocycles. The fourth-order valence-electron chi connectivity index (χ4n) is 1.73. The van der Waals surface area contributed by atoms with E-state index in [9.17, 15) is 0 Å². The number of nitrogens with two attached hydrogens (primary N) is 1. The second-order valence-electron chi connectivity index (χ2n) is 3.97. The van der Waals surface area contributed by atoms with E-state index in [-0.39, 0.29) is 0 Å². The lowest BCUT2D eigenvalue weighted by Gasteiger charge is -2.06. The summed E-state index contributed by atoms with van der Waals surface area (Å²) >= 11 is 0. The van der Waals surface area contributed by atoms with Gasteiger partial charge in [-0.25, -0.2) is 9.97 Å². The third-order valence-corrected chi connectivity index (χ3v) is 2.57. The lowest BCUT2D eigenvalue weighted by atomic mass is 10.3. The predicted octanol–water partition coefficient (Wildman–Crippen LogP) is 1.69. The van der Waals surface area contributed by atoms with Gasteiger partial charge in [0, 0.05) is 13.2 Å². The summed E-state index contributed by atoms with van der Waals surface area (Å²) in [4.78, 5) is 8.75. The van der Waals surface area contributed by atoms with E-state index >= 15 is 0 Å². The maximum absolute atomic E-state index is 5.88. The molecule has 1 aromatic carbocycles. The van der Waals surface area contributed by atoms with Crippen molar-refractivity contribution in [2.45, 2.75) is 0 Å². The topological polar surface area (TPSA) is 81.7 Å². The molecule has 0 fully saturated rings. The molecule has 18 heavy (non-hydrogen) atoms. The highest BCUT2D eigenvalue weighted by Gasteiger charge is 2.06. The zero-order chi connectivity index (χ0) is 12.5. The quantitative estimate of drug-likeness (QED) is 0.712. The van der Waals surface area contributed by atoms with Gasteiger partial charge in [0.25, 0.3) is 0 Å². The smallest absolute Gasteiger partial charge is 0.174 e. The molecule has 0 atom stereocenters. The number of aromatic nitrogens is 4. The first-order valence-electron chi connectivity index (χ1n) is 5.50. The summed E-state index contributed by atoms with van der Waals surface area (Å²) in [6, 6.07) is 7.61. The van der Waals surface area contributed by atoms with Gasteiger partial charge in [0.1, 0.15) is 0 Å². The highest BCUT2D eigenvalue weighted by molar-refractivity contribution is 5.80. The molecule has 0 spiro atoms. The summed E-state index contributed by atoms with van der Waals surface area (Å²) < 4.78 is 1.70. The molecule has 0 radical (unpaired) electrons. The minimum absolute atomic E-state index is 0.373. The number of nitrogens with zero attached hydrogens (tertiary/aromatic N) is 4. The molecule has 0 amide bonds. The lowest BCUT2D eigenvalue weighted by molar-refractivity contribution is 0.768. The Labute approximate surface area is 103 Å². The molecule has 2 aromatic heterocycles. The van der Waals surface area contributed by atoms with Gasteiger partial charge in [0.2, 0.25) is 0 Å². The Bertz CT molecular complexity index is 703. The van der Waals surface area contributed by atoms with E-state index in [1.807, 2.05) is 37.5 Å². The van der Waals surface area contributed by atoms with Crippen LogP contribution < -0.4 is 11.1 Å². The number of fused-ring (bicyclic) bond motifs is 1. The van der Waals surface area contributed by atoms with Crippen LogP contribution in [0.3, 0.4) is 0 Å². The Morgan fingerprint density at radius 2 is 1.89 bits per heavy atom. The zero-order valence-electron chi connectivity index (χ0n) is 9.83. The number of anilines is 3. The summed E-state index contributed by atoms with van der Waals surface area (Å²) in [6.07, 6.45) is 3.55. The molecule has 0 aliphatic carbocycles. The largest absolute Gasteiger partial charge is 0.381 e. The van der Waals surface area contributed by atoms with E-state index in [1.54, 1.807) is 10.9 Å². The van der Waals surface area contributed by atoms with Crippen molar-refractivity contribution in [3.8, 4) is 0 Å². The van der Waals surface area contributed by atoms with Gasteiger partial charge >= 0.3 is 0 Å². The van der Waals surface area contributed by atoms with E-state index in [4.69, 9.17) is 5.73 Å². The molecular formula is C12H12N6. The number of nitrogens with one attached hydrogen (secondary N) is 1. The van der Waals surface area contributed by atoms with Crippen LogP contribution in [0.15, 0.2) is 36.7 Å². The molecule has 3 aromatic rings. The minimum atomic E-state index is 0.373. The van der Waals surface area contributed by atoms with Gasteiger partial charge in [-0.15, -0.1) is 0 Å². The first kappa shape index (κ1) is 10.5.